The molecule has 128 valence electrons. The third-order valence-corrected chi connectivity index (χ3v) is 4.17. The van der Waals surface area contributed by atoms with Crippen LogP contribution >= 0.6 is 11.6 Å². The average Bonchev–Trinajstić information content (AvgIpc) is 2.81. The van der Waals surface area contributed by atoms with E-state index in [-0.39, 0.29) is 5.91 Å². The Hall–Kier alpha value is -2.34. The molecule has 7 heteroatoms. The van der Waals surface area contributed by atoms with Crippen molar-refractivity contribution in [3.63, 3.8) is 0 Å². The summed E-state index contributed by atoms with van der Waals surface area (Å²) in [6, 6.07) is 6.78. The van der Waals surface area contributed by atoms with Crippen molar-refractivity contribution in [3.8, 4) is 5.69 Å². The highest BCUT2D eigenvalue weighted by molar-refractivity contribution is 6.31. The number of amides is 1. The zero-order chi connectivity index (χ0) is 18.0. The Morgan fingerprint density at radius 2 is 1.79 bits per heavy atom. The molecular formula is C17H20ClN3O3. The van der Waals surface area contributed by atoms with Gasteiger partial charge in [-0.3, -0.25) is 4.79 Å². The first-order valence-corrected chi connectivity index (χ1v) is 7.84. The van der Waals surface area contributed by atoms with Gasteiger partial charge in [0.25, 0.3) is 5.91 Å². The van der Waals surface area contributed by atoms with Gasteiger partial charge in [0.15, 0.2) is 6.10 Å². The summed E-state index contributed by atoms with van der Waals surface area (Å²) in [6.07, 6.45) is -0.831. The average molecular weight is 350 g/mol. The molecular weight excluding hydrogens is 330 g/mol. The van der Waals surface area contributed by atoms with Crippen molar-refractivity contribution in [3.05, 3.63) is 46.2 Å². The van der Waals surface area contributed by atoms with E-state index < -0.39 is 12.1 Å². The molecule has 0 N–H and O–H groups in total. The third kappa shape index (κ3) is 3.59. The molecule has 0 spiro atoms. The summed E-state index contributed by atoms with van der Waals surface area (Å²) in [4.78, 5) is 25.2. The van der Waals surface area contributed by atoms with Gasteiger partial charge in [0.1, 0.15) is 0 Å². The number of halogens is 1. The molecule has 1 atom stereocenters. The number of nitrogens with zero attached hydrogens (tertiary/aromatic N) is 3. The minimum absolute atomic E-state index is 0.266. The Bertz CT molecular complexity index is 766. The highest BCUT2D eigenvalue weighted by Crippen LogP contribution is 2.22. The monoisotopic (exact) mass is 349 g/mol. The highest BCUT2D eigenvalue weighted by atomic mass is 35.5. The van der Waals surface area contributed by atoms with E-state index in [2.05, 4.69) is 5.10 Å². The van der Waals surface area contributed by atoms with Gasteiger partial charge in [0, 0.05) is 14.1 Å². The van der Waals surface area contributed by atoms with Gasteiger partial charge in [-0.05, 0) is 45.0 Å². The second-order valence-corrected chi connectivity index (χ2v) is 6.10. The van der Waals surface area contributed by atoms with Crippen molar-refractivity contribution >= 4 is 23.5 Å². The van der Waals surface area contributed by atoms with E-state index in [1.54, 1.807) is 50.0 Å². The van der Waals surface area contributed by atoms with Crippen LogP contribution in [0.25, 0.3) is 5.69 Å². The lowest BCUT2D eigenvalue weighted by molar-refractivity contribution is -0.137. The molecule has 0 saturated heterocycles. The number of ether oxygens (including phenoxy) is 1. The van der Waals surface area contributed by atoms with Crippen LogP contribution in [0.1, 0.15) is 28.7 Å². The molecule has 1 aromatic carbocycles. The fourth-order valence-electron chi connectivity index (χ4n) is 2.26. The van der Waals surface area contributed by atoms with Crippen LogP contribution in [0, 0.1) is 13.8 Å². The molecule has 0 aliphatic heterocycles. The standard InChI is InChI=1S/C17H20ClN3O3/c1-10-15(18)11(2)21(19-10)14-8-6-13(7-9-14)17(23)24-12(3)16(22)20(4)5/h6-9,12H,1-5H3/t12-/m0/s1. The van der Waals surface area contributed by atoms with Crippen LogP contribution in [0.2, 0.25) is 5.02 Å². The van der Waals surface area contributed by atoms with Crippen molar-refractivity contribution in [1.29, 1.82) is 0 Å². The molecule has 2 aromatic rings. The van der Waals surface area contributed by atoms with E-state index in [1.807, 2.05) is 13.8 Å². The Labute approximate surface area is 146 Å². The number of likely N-dealkylation sites (N-methyl/N-ethyl adjacent to an activating group) is 1. The van der Waals surface area contributed by atoms with Crippen LogP contribution in [0.4, 0.5) is 0 Å². The van der Waals surface area contributed by atoms with Crippen molar-refractivity contribution in [2.75, 3.05) is 14.1 Å². The van der Waals surface area contributed by atoms with Crippen LogP contribution in [-0.2, 0) is 9.53 Å². The van der Waals surface area contributed by atoms with Crippen LogP contribution < -0.4 is 0 Å². The third-order valence-electron chi connectivity index (χ3n) is 3.62. The summed E-state index contributed by atoms with van der Waals surface area (Å²) < 4.78 is 6.89. The van der Waals surface area contributed by atoms with Crippen LogP contribution in [-0.4, -0.2) is 46.8 Å². The number of carbonyl (C=O) groups excluding carboxylic acids is 2. The number of esters is 1. The van der Waals surface area contributed by atoms with Gasteiger partial charge in [0.05, 0.1) is 27.7 Å². The van der Waals surface area contributed by atoms with E-state index in [9.17, 15) is 9.59 Å². The number of hydrogen-bond donors (Lipinski definition) is 0. The highest BCUT2D eigenvalue weighted by Gasteiger charge is 2.20. The largest absolute Gasteiger partial charge is 0.449 e. The fraction of sp³-hybridized carbons (Fsp3) is 0.353. The maximum Gasteiger partial charge on any atom is 0.338 e. The molecule has 1 aromatic heterocycles. The SMILES string of the molecule is Cc1nn(-c2ccc(C(=O)O[C@@H](C)C(=O)N(C)C)cc2)c(C)c1Cl. The molecule has 2 rings (SSSR count). The molecule has 0 unspecified atom stereocenters. The van der Waals surface area contributed by atoms with E-state index in [0.717, 1.165) is 17.1 Å². The molecule has 0 aliphatic rings. The second-order valence-electron chi connectivity index (χ2n) is 5.72. The minimum Gasteiger partial charge on any atom is -0.449 e. The number of hydrogen-bond acceptors (Lipinski definition) is 4. The van der Waals surface area contributed by atoms with Crippen molar-refractivity contribution in [2.45, 2.75) is 26.9 Å². The molecule has 0 fully saturated rings. The van der Waals surface area contributed by atoms with Gasteiger partial charge in [-0.1, -0.05) is 11.6 Å². The van der Waals surface area contributed by atoms with E-state index in [0.29, 0.717) is 10.6 Å². The summed E-state index contributed by atoms with van der Waals surface area (Å²) in [5.41, 5.74) is 2.73. The summed E-state index contributed by atoms with van der Waals surface area (Å²) in [5.74, 6) is -0.812. The quantitative estimate of drug-likeness (QED) is 0.796. The Morgan fingerprint density at radius 3 is 2.25 bits per heavy atom. The smallest absolute Gasteiger partial charge is 0.338 e. The van der Waals surface area contributed by atoms with Crippen LogP contribution in [0.5, 0.6) is 0 Å². The number of aromatic nitrogens is 2. The lowest BCUT2D eigenvalue weighted by Gasteiger charge is -2.17. The summed E-state index contributed by atoms with van der Waals surface area (Å²) in [6.45, 7) is 5.26. The minimum atomic E-state index is -0.831. The maximum absolute atomic E-state index is 12.1. The maximum atomic E-state index is 12.1. The molecule has 6 nitrogen and oxygen atoms in total. The Kier molecular flexibility index (Phi) is 5.29. The first-order chi connectivity index (χ1) is 11.2. The molecule has 0 radical (unpaired) electrons. The number of carbonyl (C=O) groups is 2. The predicted molar refractivity (Wildman–Crippen MR) is 91.6 cm³/mol. The number of aryl methyl sites for hydroxylation is 1. The molecule has 0 saturated carbocycles. The summed E-state index contributed by atoms with van der Waals surface area (Å²) >= 11 is 6.15. The van der Waals surface area contributed by atoms with Gasteiger partial charge < -0.3 is 9.64 Å². The number of rotatable bonds is 4. The van der Waals surface area contributed by atoms with E-state index >= 15 is 0 Å². The lowest BCUT2D eigenvalue weighted by Crippen LogP contribution is -2.34. The second kappa shape index (κ2) is 7.05. The first kappa shape index (κ1) is 18.0. The summed E-state index contributed by atoms with van der Waals surface area (Å²) in [5, 5.41) is 4.98. The van der Waals surface area contributed by atoms with Crippen molar-refractivity contribution in [1.82, 2.24) is 14.7 Å². The van der Waals surface area contributed by atoms with Gasteiger partial charge in [-0.15, -0.1) is 0 Å². The van der Waals surface area contributed by atoms with Gasteiger partial charge in [0.2, 0.25) is 0 Å². The molecule has 1 heterocycles. The zero-order valence-corrected chi connectivity index (χ0v) is 15.1. The predicted octanol–water partition coefficient (Wildman–Crippen LogP) is 2.78. The van der Waals surface area contributed by atoms with Crippen molar-refractivity contribution in [2.24, 2.45) is 0 Å². The summed E-state index contributed by atoms with van der Waals surface area (Å²) in [7, 11) is 3.22. The lowest BCUT2D eigenvalue weighted by atomic mass is 10.2. The molecule has 24 heavy (non-hydrogen) atoms. The van der Waals surface area contributed by atoms with E-state index in [1.165, 1.54) is 4.90 Å². The molecule has 1 amide bonds. The molecule has 0 bridgehead atoms. The van der Waals surface area contributed by atoms with Gasteiger partial charge >= 0.3 is 5.97 Å². The van der Waals surface area contributed by atoms with Gasteiger partial charge in [-0.25, -0.2) is 9.48 Å². The van der Waals surface area contributed by atoms with Crippen LogP contribution in [0.3, 0.4) is 0 Å². The van der Waals surface area contributed by atoms with E-state index in [4.69, 9.17) is 16.3 Å². The van der Waals surface area contributed by atoms with Gasteiger partial charge in [-0.2, -0.15) is 5.10 Å². The van der Waals surface area contributed by atoms with Crippen molar-refractivity contribution < 1.29 is 14.3 Å². The molecule has 0 aliphatic carbocycles. The topological polar surface area (TPSA) is 64.4 Å². The number of benzene rings is 1. The van der Waals surface area contributed by atoms with Crippen LogP contribution in [0.15, 0.2) is 24.3 Å². The Balaban J connectivity index is 2.16. The first-order valence-electron chi connectivity index (χ1n) is 7.46. The fourth-order valence-corrected chi connectivity index (χ4v) is 2.37. The Morgan fingerprint density at radius 1 is 1.21 bits per heavy atom. The normalized spacial score (nSPS) is 11.9. The zero-order valence-electron chi connectivity index (χ0n) is 14.3.